The molecule has 4 heteroatoms. The van der Waals surface area contributed by atoms with Crippen LogP contribution in [0.1, 0.15) is 47.5 Å². The van der Waals surface area contributed by atoms with Crippen LogP contribution in [0.4, 0.5) is 0 Å². The third kappa shape index (κ3) is 4.28. The first-order chi connectivity index (χ1) is 10.3. The molecule has 0 bridgehead atoms. The molecule has 21 heavy (non-hydrogen) atoms. The van der Waals surface area contributed by atoms with E-state index >= 15 is 0 Å². The number of aryl methyl sites for hydroxylation is 2. The quantitative estimate of drug-likeness (QED) is 0.818. The van der Waals surface area contributed by atoms with E-state index in [4.69, 9.17) is 4.74 Å². The van der Waals surface area contributed by atoms with Gasteiger partial charge in [0.2, 0.25) is 0 Å². The molecule has 2 heterocycles. The molecule has 3 nitrogen and oxygen atoms in total. The molecule has 0 radical (unpaired) electrons. The van der Waals surface area contributed by atoms with Gasteiger partial charge in [-0.15, -0.1) is 11.3 Å². The van der Waals surface area contributed by atoms with Crippen LogP contribution in [-0.4, -0.2) is 44.3 Å². The van der Waals surface area contributed by atoms with Gasteiger partial charge in [0.25, 0.3) is 0 Å². The van der Waals surface area contributed by atoms with Crippen LogP contribution in [0.3, 0.4) is 0 Å². The lowest BCUT2D eigenvalue weighted by Crippen LogP contribution is -2.37. The molecule has 0 amide bonds. The SMILES string of the molecule is CC(NCCCN1CCOCC1)c1cc2c(s1)CCCC2. The van der Waals surface area contributed by atoms with Gasteiger partial charge in [0.05, 0.1) is 13.2 Å². The maximum Gasteiger partial charge on any atom is 0.0594 e. The summed E-state index contributed by atoms with van der Waals surface area (Å²) in [6.45, 7) is 8.65. The first kappa shape index (κ1) is 15.5. The average Bonchev–Trinajstić information content (AvgIpc) is 2.96. The Morgan fingerprint density at radius 2 is 2.10 bits per heavy atom. The Kier molecular flexibility index (Phi) is 5.69. The van der Waals surface area contributed by atoms with Crippen LogP contribution in [0, 0.1) is 0 Å². The molecule has 1 aromatic heterocycles. The van der Waals surface area contributed by atoms with E-state index < -0.39 is 0 Å². The van der Waals surface area contributed by atoms with Gasteiger partial charge < -0.3 is 10.1 Å². The standard InChI is InChI=1S/C17H28N2OS/c1-14(17-13-15-5-2-3-6-16(15)21-17)18-7-4-8-19-9-11-20-12-10-19/h13-14,18H,2-12H2,1H3. The summed E-state index contributed by atoms with van der Waals surface area (Å²) in [7, 11) is 0. The highest BCUT2D eigenvalue weighted by molar-refractivity contribution is 7.12. The minimum atomic E-state index is 0.505. The molecular formula is C17H28N2OS. The van der Waals surface area contributed by atoms with Crippen LogP contribution < -0.4 is 5.32 Å². The predicted octanol–water partition coefficient (Wildman–Crippen LogP) is 3.00. The van der Waals surface area contributed by atoms with Crippen molar-refractivity contribution in [3.63, 3.8) is 0 Å². The van der Waals surface area contributed by atoms with Gasteiger partial charge in [-0.1, -0.05) is 0 Å². The first-order valence-electron chi connectivity index (χ1n) is 8.48. The molecule has 3 rings (SSSR count). The van der Waals surface area contributed by atoms with E-state index in [1.165, 1.54) is 43.5 Å². The molecule has 1 aliphatic heterocycles. The van der Waals surface area contributed by atoms with Crippen molar-refractivity contribution in [2.45, 2.75) is 45.1 Å². The predicted molar refractivity (Wildman–Crippen MR) is 89.3 cm³/mol. The lowest BCUT2D eigenvalue weighted by atomic mass is 9.99. The van der Waals surface area contributed by atoms with Gasteiger partial charge in [-0.2, -0.15) is 0 Å². The lowest BCUT2D eigenvalue weighted by Gasteiger charge is -2.26. The number of morpholine rings is 1. The molecule has 0 spiro atoms. The molecule has 0 aromatic carbocycles. The third-order valence-corrected chi connectivity index (χ3v) is 6.07. The van der Waals surface area contributed by atoms with Crippen molar-refractivity contribution in [1.29, 1.82) is 0 Å². The molecule has 118 valence electrons. The number of nitrogens with one attached hydrogen (secondary N) is 1. The highest BCUT2D eigenvalue weighted by Gasteiger charge is 2.16. The Labute approximate surface area is 132 Å². The highest BCUT2D eigenvalue weighted by atomic mass is 32.1. The Hall–Kier alpha value is -0.420. The maximum absolute atomic E-state index is 5.39. The molecule has 1 N–H and O–H groups in total. The zero-order valence-corrected chi connectivity index (χ0v) is 14.0. The smallest absolute Gasteiger partial charge is 0.0594 e. The van der Waals surface area contributed by atoms with Crippen molar-refractivity contribution in [1.82, 2.24) is 10.2 Å². The molecule has 0 saturated carbocycles. The van der Waals surface area contributed by atoms with Gasteiger partial charge in [-0.25, -0.2) is 0 Å². The van der Waals surface area contributed by atoms with Gasteiger partial charge >= 0.3 is 0 Å². The number of rotatable bonds is 6. The summed E-state index contributed by atoms with van der Waals surface area (Å²) in [4.78, 5) is 5.70. The number of hydrogen-bond acceptors (Lipinski definition) is 4. The van der Waals surface area contributed by atoms with E-state index in [0.29, 0.717) is 6.04 Å². The molecular weight excluding hydrogens is 280 g/mol. The van der Waals surface area contributed by atoms with E-state index in [1.54, 1.807) is 10.4 Å². The number of nitrogens with zero attached hydrogens (tertiary/aromatic N) is 1. The summed E-state index contributed by atoms with van der Waals surface area (Å²) < 4.78 is 5.39. The van der Waals surface area contributed by atoms with Crippen molar-refractivity contribution in [3.8, 4) is 0 Å². The number of ether oxygens (including phenoxy) is 1. The molecule has 1 fully saturated rings. The maximum atomic E-state index is 5.39. The molecule has 1 atom stereocenters. The minimum absolute atomic E-state index is 0.505. The Morgan fingerprint density at radius 3 is 2.90 bits per heavy atom. The van der Waals surface area contributed by atoms with E-state index in [1.807, 2.05) is 11.3 Å². The molecule has 2 aliphatic rings. The number of hydrogen-bond donors (Lipinski definition) is 1. The largest absolute Gasteiger partial charge is 0.379 e. The second kappa shape index (κ2) is 7.73. The van der Waals surface area contributed by atoms with Crippen molar-refractivity contribution >= 4 is 11.3 Å². The van der Waals surface area contributed by atoms with Crippen LogP contribution in [0.2, 0.25) is 0 Å². The normalized spacial score (nSPS) is 21.2. The summed E-state index contributed by atoms with van der Waals surface area (Å²) >= 11 is 2.04. The summed E-state index contributed by atoms with van der Waals surface area (Å²) in [5.74, 6) is 0. The summed E-state index contributed by atoms with van der Waals surface area (Å²) in [6, 6.07) is 2.96. The van der Waals surface area contributed by atoms with E-state index in [9.17, 15) is 0 Å². The van der Waals surface area contributed by atoms with Crippen molar-refractivity contribution in [2.24, 2.45) is 0 Å². The van der Waals surface area contributed by atoms with E-state index in [0.717, 1.165) is 32.8 Å². The topological polar surface area (TPSA) is 24.5 Å². The second-order valence-corrected chi connectivity index (χ2v) is 7.46. The van der Waals surface area contributed by atoms with Crippen LogP contribution in [0.15, 0.2) is 6.07 Å². The summed E-state index contributed by atoms with van der Waals surface area (Å²) in [5, 5.41) is 3.70. The number of fused-ring (bicyclic) bond motifs is 1. The highest BCUT2D eigenvalue weighted by Crippen LogP contribution is 2.32. The van der Waals surface area contributed by atoms with Gasteiger partial charge in [0.1, 0.15) is 0 Å². The summed E-state index contributed by atoms with van der Waals surface area (Å²) in [6.07, 6.45) is 6.60. The molecule has 1 unspecified atom stereocenters. The molecule has 1 aromatic rings. The average molecular weight is 308 g/mol. The van der Waals surface area contributed by atoms with Crippen LogP contribution in [0.5, 0.6) is 0 Å². The van der Waals surface area contributed by atoms with E-state index in [2.05, 4.69) is 23.2 Å². The molecule has 1 aliphatic carbocycles. The van der Waals surface area contributed by atoms with Crippen LogP contribution >= 0.6 is 11.3 Å². The Balaban J connectivity index is 1.39. The van der Waals surface area contributed by atoms with E-state index in [-0.39, 0.29) is 0 Å². The lowest BCUT2D eigenvalue weighted by molar-refractivity contribution is 0.0374. The van der Waals surface area contributed by atoms with Crippen LogP contribution in [0.25, 0.3) is 0 Å². The van der Waals surface area contributed by atoms with Crippen molar-refractivity contribution < 1.29 is 4.74 Å². The van der Waals surface area contributed by atoms with Crippen molar-refractivity contribution in [2.75, 3.05) is 39.4 Å². The fraction of sp³-hybridized carbons (Fsp3) is 0.765. The Morgan fingerprint density at radius 1 is 1.29 bits per heavy atom. The fourth-order valence-electron chi connectivity index (χ4n) is 3.27. The van der Waals surface area contributed by atoms with Crippen molar-refractivity contribution in [3.05, 3.63) is 21.4 Å². The summed E-state index contributed by atoms with van der Waals surface area (Å²) in [5.41, 5.74) is 1.63. The Bertz CT molecular complexity index is 416. The molecule has 1 saturated heterocycles. The van der Waals surface area contributed by atoms with Gasteiger partial charge in [-0.05, 0) is 63.7 Å². The fourth-order valence-corrected chi connectivity index (χ4v) is 4.56. The number of thiophene rings is 1. The van der Waals surface area contributed by atoms with Gasteiger partial charge in [0, 0.05) is 28.9 Å². The third-order valence-electron chi connectivity index (χ3n) is 4.65. The zero-order chi connectivity index (χ0) is 14.5. The zero-order valence-electron chi connectivity index (χ0n) is 13.2. The van der Waals surface area contributed by atoms with Gasteiger partial charge in [-0.3, -0.25) is 4.90 Å². The first-order valence-corrected chi connectivity index (χ1v) is 9.29. The monoisotopic (exact) mass is 308 g/mol. The minimum Gasteiger partial charge on any atom is -0.379 e. The second-order valence-electron chi connectivity index (χ2n) is 6.29. The van der Waals surface area contributed by atoms with Crippen LogP contribution in [-0.2, 0) is 17.6 Å². The van der Waals surface area contributed by atoms with Gasteiger partial charge in [0.15, 0.2) is 0 Å².